The van der Waals surface area contributed by atoms with E-state index in [9.17, 15) is 4.21 Å². The largest absolute Gasteiger partial charge is 0.357 e. The zero-order valence-electron chi connectivity index (χ0n) is 17.5. The molecule has 0 spiro atoms. The van der Waals surface area contributed by atoms with Gasteiger partial charge < -0.3 is 15.5 Å². The van der Waals surface area contributed by atoms with Crippen LogP contribution in [0.3, 0.4) is 0 Å². The van der Waals surface area contributed by atoms with Gasteiger partial charge in [-0.3, -0.25) is 9.20 Å². The Kier molecular flexibility index (Phi) is 11.1. The van der Waals surface area contributed by atoms with Crippen LogP contribution in [-0.2, 0) is 16.6 Å². The summed E-state index contributed by atoms with van der Waals surface area (Å²) < 4.78 is 12.3. The first-order valence-corrected chi connectivity index (χ1v) is 11.8. The average molecular weight is 542 g/mol. The quantitative estimate of drug-likeness (QED) is 0.305. The molecule has 2 heterocycles. The van der Waals surface area contributed by atoms with E-state index in [0.717, 1.165) is 49.8 Å². The van der Waals surface area contributed by atoms with Gasteiger partial charge in [-0.1, -0.05) is 36.4 Å². The van der Waals surface area contributed by atoms with Crippen LogP contribution in [-0.4, -0.2) is 53.1 Å². The number of piperidine rings is 1. The summed E-state index contributed by atoms with van der Waals surface area (Å²) in [6.45, 7) is 5.39. The van der Waals surface area contributed by atoms with Gasteiger partial charge in [0.25, 0.3) is 0 Å². The molecular formula is C22H32IN5OS. The standard InChI is InChI=1S/C22H31N5OS.HI/c1-2-23-22(25-14-17-29(28)18-19-8-4-3-5-9-19)26-20-11-15-27(16-12-20)21-10-6-7-13-24-21;/h3-10,13,20H,2,11-12,14-18H2,1H3,(H2,23,25,26);1H. The van der Waals surface area contributed by atoms with Gasteiger partial charge in [-0.25, -0.2) is 4.98 Å². The van der Waals surface area contributed by atoms with Crippen molar-refractivity contribution in [2.75, 3.05) is 36.8 Å². The fourth-order valence-electron chi connectivity index (χ4n) is 3.40. The summed E-state index contributed by atoms with van der Waals surface area (Å²) in [4.78, 5) is 11.4. The number of hydrogen-bond donors (Lipinski definition) is 2. The van der Waals surface area contributed by atoms with Crippen LogP contribution in [0.15, 0.2) is 59.7 Å². The summed E-state index contributed by atoms with van der Waals surface area (Å²) in [7, 11) is -0.900. The van der Waals surface area contributed by atoms with Crippen molar-refractivity contribution in [1.82, 2.24) is 15.6 Å². The van der Waals surface area contributed by atoms with E-state index in [1.165, 1.54) is 0 Å². The first-order valence-electron chi connectivity index (χ1n) is 10.3. The lowest BCUT2D eigenvalue weighted by molar-refractivity contribution is 0.460. The van der Waals surface area contributed by atoms with E-state index >= 15 is 0 Å². The van der Waals surface area contributed by atoms with Gasteiger partial charge in [0.1, 0.15) is 5.82 Å². The van der Waals surface area contributed by atoms with Crippen molar-refractivity contribution >= 4 is 46.6 Å². The van der Waals surface area contributed by atoms with Crippen molar-refractivity contribution in [3.8, 4) is 0 Å². The molecule has 0 amide bonds. The lowest BCUT2D eigenvalue weighted by Gasteiger charge is -2.33. The molecular weight excluding hydrogens is 509 g/mol. The second-order valence-electron chi connectivity index (χ2n) is 7.13. The van der Waals surface area contributed by atoms with Gasteiger partial charge in [0.2, 0.25) is 0 Å². The summed E-state index contributed by atoms with van der Waals surface area (Å²) in [6.07, 6.45) is 3.93. The zero-order chi connectivity index (χ0) is 20.3. The van der Waals surface area contributed by atoms with Gasteiger partial charge in [0, 0.05) is 54.2 Å². The maximum absolute atomic E-state index is 12.3. The number of pyridine rings is 1. The minimum atomic E-state index is -0.900. The van der Waals surface area contributed by atoms with E-state index in [1.807, 2.05) is 48.7 Å². The van der Waals surface area contributed by atoms with E-state index in [2.05, 4.69) is 38.5 Å². The third kappa shape index (κ3) is 8.22. The number of rotatable bonds is 8. The maximum Gasteiger partial charge on any atom is 0.191 e. The third-order valence-corrected chi connectivity index (χ3v) is 6.21. The lowest BCUT2D eigenvalue weighted by Crippen LogP contribution is -2.49. The topological polar surface area (TPSA) is 69.6 Å². The zero-order valence-corrected chi connectivity index (χ0v) is 20.6. The number of nitrogens with zero attached hydrogens (tertiary/aromatic N) is 3. The number of halogens is 1. The minimum absolute atomic E-state index is 0. The second kappa shape index (κ2) is 13.6. The van der Waals surface area contributed by atoms with Gasteiger partial charge >= 0.3 is 0 Å². The van der Waals surface area contributed by atoms with Crippen molar-refractivity contribution in [2.24, 2.45) is 4.99 Å². The number of nitrogens with one attached hydrogen (secondary N) is 2. The first kappa shape index (κ1) is 24.6. The molecule has 1 fully saturated rings. The Balaban J connectivity index is 0.00000320. The number of aromatic nitrogens is 1. The molecule has 0 aliphatic carbocycles. The van der Waals surface area contributed by atoms with Crippen molar-refractivity contribution in [2.45, 2.75) is 31.6 Å². The van der Waals surface area contributed by atoms with Crippen LogP contribution in [0.1, 0.15) is 25.3 Å². The molecule has 1 aromatic carbocycles. The molecule has 8 heteroatoms. The highest BCUT2D eigenvalue weighted by molar-refractivity contribution is 14.0. The predicted molar refractivity (Wildman–Crippen MR) is 137 cm³/mol. The fraction of sp³-hybridized carbons (Fsp3) is 0.455. The van der Waals surface area contributed by atoms with Gasteiger partial charge in [-0.2, -0.15) is 0 Å². The van der Waals surface area contributed by atoms with Crippen molar-refractivity contribution in [1.29, 1.82) is 0 Å². The molecule has 164 valence electrons. The van der Waals surface area contributed by atoms with Crippen molar-refractivity contribution in [3.63, 3.8) is 0 Å². The van der Waals surface area contributed by atoms with E-state index < -0.39 is 10.8 Å². The number of anilines is 1. The van der Waals surface area contributed by atoms with Crippen molar-refractivity contribution < 1.29 is 4.21 Å². The summed E-state index contributed by atoms with van der Waals surface area (Å²) >= 11 is 0. The van der Waals surface area contributed by atoms with E-state index in [4.69, 9.17) is 0 Å². The number of hydrogen-bond acceptors (Lipinski definition) is 4. The van der Waals surface area contributed by atoms with E-state index in [1.54, 1.807) is 0 Å². The molecule has 0 radical (unpaired) electrons. The Bertz CT molecular complexity index is 783. The van der Waals surface area contributed by atoms with Gasteiger partial charge in [-0.05, 0) is 37.5 Å². The highest BCUT2D eigenvalue weighted by Crippen LogP contribution is 2.17. The van der Waals surface area contributed by atoms with Crippen LogP contribution in [0.4, 0.5) is 5.82 Å². The molecule has 1 aliphatic heterocycles. The molecule has 1 saturated heterocycles. The summed E-state index contributed by atoms with van der Waals surface area (Å²) in [5, 5.41) is 6.86. The molecule has 2 N–H and O–H groups in total. The Morgan fingerprint density at radius 1 is 1.17 bits per heavy atom. The SMILES string of the molecule is CCNC(=NCCS(=O)Cc1ccccc1)NC1CCN(c2ccccn2)CC1.I. The summed E-state index contributed by atoms with van der Waals surface area (Å²) in [5.74, 6) is 3.03. The molecule has 0 bridgehead atoms. The van der Waals surface area contributed by atoms with Crippen LogP contribution in [0.5, 0.6) is 0 Å². The minimum Gasteiger partial charge on any atom is -0.357 e. The van der Waals surface area contributed by atoms with Crippen LogP contribution >= 0.6 is 24.0 Å². The van der Waals surface area contributed by atoms with Crippen molar-refractivity contribution in [3.05, 3.63) is 60.3 Å². The molecule has 1 aromatic heterocycles. The summed E-state index contributed by atoms with van der Waals surface area (Å²) in [6, 6.07) is 16.4. The molecule has 30 heavy (non-hydrogen) atoms. The Morgan fingerprint density at radius 2 is 1.90 bits per heavy atom. The van der Waals surface area contributed by atoms with Crippen LogP contribution in [0, 0.1) is 0 Å². The van der Waals surface area contributed by atoms with Crippen LogP contribution in [0.2, 0.25) is 0 Å². The predicted octanol–water partition coefficient (Wildman–Crippen LogP) is 3.17. The molecule has 0 saturated carbocycles. The Labute approximate surface area is 199 Å². The smallest absolute Gasteiger partial charge is 0.191 e. The summed E-state index contributed by atoms with van der Waals surface area (Å²) in [5.41, 5.74) is 1.11. The highest BCUT2D eigenvalue weighted by Gasteiger charge is 2.20. The molecule has 3 rings (SSSR count). The Morgan fingerprint density at radius 3 is 2.57 bits per heavy atom. The second-order valence-corrected chi connectivity index (χ2v) is 8.70. The molecule has 2 aromatic rings. The average Bonchev–Trinajstić information content (AvgIpc) is 2.76. The Hall–Kier alpha value is -1.68. The van der Waals surface area contributed by atoms with Gasteiger partial charge in [0.15, 0.2) is 5.96 Å². The van der Waals surface area contributed by atoms with E-state index in [0.29, 0.717) is 24.1 Å². The van der Waals surface area contributed by atoms with Crippen LogP contribution < -0.4 is 15.5 Å². The monoisotopic (exact) mass is 541 g/mol. The van der Waals surface area contributed by atoms with Gasteiger partial charge in [0.05, 0.1) is 6.54 Å². The van der Waals surface area contributed by atoms with E-state index in [-0.39, 0.29) is 24.0 Å². The first-order chi connectivity index (χ1) is 14.2. The third-order valence-electron chi connectivity index (χ3n) is 4.91. The molecule has 1 atom stereocenters. The molecule has 1 aliphatic rings. The van der Waals surface area contributed by atoms with Gasteiger partial charge in [-0.15, -0.1) is 24.0 Å². The van der Waals surface area contributed by atoms with Crippen LogP contribution in [0.25, 0.3) is 0 Å². The molecule has 1 unspecified atom stereocenters. The normalized spacial score (nSPS) is 15.9. The highest BCUT2D eigenvalue weighted by atomic mass is 127. The lowest BCUT2D eigenvalue weighted by atomic mass is 10.1. The number of benzene rings is 1. The number of aliphatic imine (C=N–C) groups is 1. The number of guanidine groups is 1. The maximum atomic E-state index is 12.3. The fourth-order valence-corrected chi connectivity index (χ4v) is 4.40. The molecule has 6 nitrogen and oxygen atoms in total.